The number of piperazine rings is 1. The minimum Gasteiger partial charge on any atom is -0.496 e. The van der Waals surface area contributed by atoms with Gasteiger partial charge in [0.1, 0.15) is 5.75 Å². The minimum atomic E-state index is 0.181. The molecule has 1 aliphatic heterocycles. The number of nitrogens with one attached hydrogen (secondary N) is 1. The zero-order chi connectivity index (χ0) is 15.1. The van der Waals surface area contributed by atoms with Crippen LogP contribution in [0.2, 0.25) is 0 Å². The van der Waals surface area contributed by atoms with Gasteiger partial charge < -0.3 is 19.9 Å². The van der Waals surface area contributed by atoms with Crippen molar-refractivity contribution in [1.82, 2.24) is 15.1 Å². The van der Waals surface area contributed by atoms with Crippen LogP contribution in [-0.2, 0) is 11.3 Å². The molecule has 1 aromatic rings. The number of carbonyl (C=O) groups is 1. The summed E-state index contributed by atoms with van der Waals surface area (Å²) in [5, 5.41) is 3.21. The molecule has 1 amide bonds. The van der Waals surface area contributed by atoms with Crippen molar-refractivity contribution in [3.63, 3.8) is 0 Å². The molecule has 0 aromatic heterocycles. The fourth-order valence-corrected chi connectivity index (χ4v) is 2.58. The Morgan fingerprint density at radius 3 is 2.62 bits per heavy atom. The number of benzene rings is 1. The van der Waals surface area contributed by atoms with Crippen molar-refractivity contribution in [1.29, 1.82) is 0 Å². The molecule has 0 radical (unpaired) electrons. The first-order valence-electron chi connectivity index (χ1n) is 7.57. The predicted molar refractivity (Wildman–Crippen MR) is 83.4 cm³/mol. The highest BCUT2D eigenvalue weighted by Crippen LogP contribution is 2.16. The van der Waals surface area contributed by atoms with Crippen LogP contribution in [0, 0.1) is 0 Å². The van der Waals surface area contributed by atoms with Gasteiger partial charge >= 0.3 is 0 Å². The lowest BCUT2D eigenvalue weighted by Crippen LogP contribution is -2.50. The third kappa shape index (κ3) is 4.44. The lowest BCUT2D eigenvalue weighted by molar-refractivity contribution is -0.131. The molecule has 0 atom stereocenters. The highest BCUT2D eigenvalue weighted by molar-refractivity contribution is 5.78. The summed E-state index contributed by atoms with van der Waals surface area (Å²) in [5.41, 5.74) is 1.07. The second-order valence-electron chi connectivity index (χ2n) is 5.23. The number of amides is 1. The van der Waals surface area contributed by atoms with E-state index in [1.54, 1.807) is 7.11 Å². The zero-order valence-corrected chi connectivity index (χ0v) is 13.0. The van der Waals surface area contributed by atoms with E-state index in [0.29, 0.717) is 13.1 Å². The molecule has 1 aliphatic rings. The van der Waals surface area contributed by atoms with E-state index in [1.165, 1.54) is 0 Å². The van der Waals surface area contributed by atoms with E-state index in [0.717, 1.165) is 44.0 Å². The number of hydrogen-bond donors (Lipinski definition) is 1. The molecule has 5 heteroatoms. The minimum absolute atomic E-state index is 0.181. The molecule has 0 unspecified atom stereocenters. The van der Waals surface area contributed by atoms with Crippen molar-refractivity contribution in [2.24, 2.45) is 0 Å². The monoisotopic (exact) mass is 291 g/mol. The van der Waals surface area contributed by atoms with Crippen LogP contribution in [0.4, 0.5) is 0 Å². The van der Waals surface area contributed by atoms with E-state index in [-0.39, 0.29) is 5.91 Å². The Hall–Kier alpha value is -1.59. The van der Waals surface area contributed by atoms with E-state index < -0.39 is 0 Å². The smallest absolute Gasteiger partial charge is 0.236 e. The third-order valence-electron chi connectivity index (χ3n) is 3.96. The first kappa shape index (κ1) is 15.8. The Morgan fingerprint density at radius 2 is 1.95 bits per heavy atom. The molecule has 1 N–H and O–H groups in total. The van der Waals surface area contributed by atoms with Crippen molar-refractivity contribution in [2.45, 2.75) is 13.5 Å². The Morgan fingerprint density at radius 1 is 1.24 bits per heavy atom. The zero-order valence-electron chi connectivity index (χ0n) is 13.0. The largest absolute Gasteiger partial charge is 0.496 e. The molecule has 0 spiro atoms. The van der Waals surface area contributed by atoms with Gasteiger partial charge in [0, 0.05) is 38.3 Å². The summed E-state index contributed by atoms with van der Waals surface area (Å²) >= 11 is 0. The number of methoxy groups -OCH3 is 1. The van der Waals surface area contributed by atoms with E-state index in [2.05, 4.69) is 17.1 Å². The number of nitrogens with zero attached hydrogens (tertiary/aromatic N) is 2. The van der Waals surface area contributed by atoms with Gasteiger partial charge in [0.15, 0.2) is 0 Å². The molecule has 2 rings (SSSR count). The van der Waals surface area contributed by atoms with Gasteiger partial charge in [-0.1, -0.05) is 25.1 Å². The highest BCUT2D eigenvalue weighted by Gasteiger charge is 2.19. The molecule has 0 saturated carbocycles. The van der Waals surface area contributed by atoms with Gasteiger partial charge in [-0.05, 0) is 12.6 Å². The number of ether oxygens (including phenoxy) is 1. The van der Waals surface area contributed by atoms with Crippen molar-refractivity contribution < 1.29 is 9.53 Å². The first-order chi connectivity index (χ1) is 10.2. The maximum Gasteiger partial charge on any atom is 0.236 e. The SMILES string of the molecule is CCN1CCN(C(=O)CNCc2ccccc2OC)CC1. The van der Waals surface area contributed by atoms with Crippen LogP contribution < -0.4 is 10.1 Å². The van der Waals surface area contributed by atoms with Gasteiger partial charge in [0.2, 0.25) is 5.91 Å². The molecular weight excluding hydrogens is 266 g/mol. The summed E-state index contributed by atoms with van der Waals surface area (Å²) in [7, 11) is 1.66. The number of hydrogen-bond acceptors (Lipinski definition) is 4. The van der Waals surface area contributed by atoms with Crippen molar-refractivity contribution in [3.8, 4) is 5.75 Å². The van der Waals surface area contributed by atoms with Gasteiger partial charge in [0.25, 0.3) is 0 Å². The lowest BCUT2D eigenvalue weighted by Gasteiger charge is -2.34. The average Bonchev–Trinajstić information content (AvgIpc) is 2.55. The van der Waals surface area contributed by atoms with Crippen LogP contribution >= 0.6 is 0 Å². The molecule has 116 valence electrons. The lowest BCUT2D eigenvalue weighted by atomic mass is 10.2. The van der Waals surface area contributed by atoms with Gasteiger partial charge in [-0.15, -0.1) is 0 Å². The molecule has 1 fully saturated rings. The van der Waals surface area contributed by atoms with Crippen LogP contribution in [-0.4, -0.2) is 62.1 Å². The summed E-state index contributed by atoms with van der Waals surface area (Å²) in [6.07, 6.45) is 0. The second kappa shape index (κ2) is 8.00. The van der Waals surface area contributed by atoms with Gasteiger partial charge in [-0.3, -0.25) is 4.79 Å². The topological polar surface area (TPSA) is 44.8 Å². The van der Waals surface area contributed by atoms with Gasteiger partial charge in [0.05, 0.1) is 13.7 Å². The summed E-state index contributed by atoms with van der Waals surface area (Å²) in [6, 6.07) is 7.87. The summed E-state index contributed by atoms with van der Waals surface area (Å²) in [5.74, 6) is 1.04. The first-order valence-corrected chi connectivity index (χ1v) is 7.57. The number of carbonyl (C=O) groups excluding carboxylic acids is 1. The van der Waals surface area contributed by atoms with Crippen LogP contribution in [0.3, 0.4) is 0 Å². The molecule has 0 aliphatic carbocycles. The Balaban J connectivity index is 1.74. The fourth-order valence-electron chi connectivity index (χ4n) is 2.58. The van der Waals surface area contributed by atoms with Crippen molar-refractivity contribution in [2.75, 3.05) is 46.4 Å². The molecule has 21 heavy (non-hydrogen) atoms. The van der Waals surface area contributed by atoms with Crippen LogP contribution in [0.5, 0.6) is 5.75 Å². The van der Waals surface area contributed by atoms with Crippen molar-refractivity contribution >= 4 is 5.91 Å². The molecule has 0 bridgehead atoms. The molecule has 1 aromatic carbocycles. The van der Waals surface area contributed by atoms with E-state index in [1.807, 2.05) is 29.2 Å². The van der Waals surface area contributed by atoms with E-state index in [4.69, 9.17) is 4.74 Å². The Kier molecular flexibility index (Phi) is 6.02. The number of rotatable bonds is 6. The fraction of sp³-hybridized carbons (Fsp3) is 0.562. The second-order valence-corrected chi connectivity index (χ2v) is 5.23. The molecule has 1 heterocycles. The maximum absolute atomic E-state index is 12.2. The van der Waals surface area contributed by atoms with Gasteiger partial charge in [-0.25, -0.2) is 0 Å². The summed E-state index contributed by atoms with van der Waals surface area (Å²) < 4.78 is 5.30. The Labute approximate surface area is 126 Å². The van der Waals surface area contributed by atoms with Crippen molar-refractivity contribution in [3.05, 3.63) is 29.8 Å². The molecule has 1 saturated heterocycles. The molecule has 5 nitrogen and oxygen atoms in total. The van der Waals surface area contributed by atoms with Crippen LogP contribution in [0.15, 0.2) is 24.3 Å². The normalized spacial score (nSPS) is 16.0. The predicted octanol–water partition coefficient (Wildman–Crippen LogP) is 0.949. The third-order valence-corrected chi connectivity index (χ3v) is 3.96. The van der Waals surface area contributed by atoms with E-state index in [9.17, 15) is 4.79 Å². The van der Waals surface area contributed by atoms with E-state index >= 15 is 0 Å². The van der Waals surface area contributed by atoms with Gasteiger partial charge in [-0.2, -0.15) is 0 Å². The maximum atomic E-state index is 12.2. The Bertz CT molecular complexity index is 457. The standard InChI is InChI=1S/C16H25N3O2/c1-3-18-8-10-19(11-9-18)16(20)13-17-12-14-6-4-5-7-15(14)21-2/h4-7,17H,3,8-13H2,1-2H3. The van der Waals surface area contributed by atoms with Crippen LogP contribution in [0.1, 0.15) is 12.5 Å². The summed E-state index contributed by atoms with van der Waals surface area (Å²) in [6.45, 7) is 7.88. The quantitative estimate of drug-likeness (QED) is 0.847. The average molecular weight is 291 g/mol. The number of likely N-dealkylation sites (N-methyl/N-ethyl adjacent to an activating group) is 1. The number of para-hydroxylation sites is 1. The molecular formula is C16H25N3O2. The summed E-state index contributed by atoms with van der Waals surface area (Å²) in [4.78, 5) is 16.5. The highest BCUT2D eigenvalue weighted by atomic mass is 16.5. The van der Waals surface area contributed by atoms with Crippen LogP contribution in [0.25, 0.3) is 0 Å².